The molecule has 1 atom stereocenters. The van der Waals surface area contributed by atoms with Crippen LogP contribution in [-0.2, 0) is 4.79 Å². The quantitative estimate of drug-likeness (QED) is 0.901. The number of anilines is 1. The molecular formula is C17H25N3O. The molecule has 0 unspecified atom stereocenters. The fraction of sp³-hybridized carbons (Fsp3) is 0.588. The van der Waals surface area contributed by atoms with E-state index in [4.69, 9.17) is 0 Å². The highest BCUT2D eigenvalue weighted by atomic mass is 16.2. The third-order valence-corrected chi connectivity index (χ3v) is 4.57. The minimum Gasteiger partial charge on any atom is -0.368 e. The Morgan fingerprint density at radius 2 is 2.00 bits per heavy atom. The van der Waals surface area contributed by atoms with E-state index in [1.54, 1.807) is 0 Å². The highest BCUT2D eigenvalue weighted by Gasteiger charge is 2.28. The molecule has 0 saturated carbocycles. The molecule has 2 aliphatic rings. The molecule has 1 aromatic rings. The second-order valence-corrected chi connectivity index (χ2v) is 6.15. The Kier molecular flexibility index (Phi) is 4.44. The summed E-state index contributed by atoms with van der Waals surface area (Å²) in [7, 11) is 0. The number of nitrogens with one attached hydrogen (secondary N) is 1. The number of rotatable bonds is 2. The Labute approximate surface area is 127 Å². The van der Waals surface area contributed by atoms with E-state index in [0.717, 1.165) is 39.1 Å². The largest absolute Gasteiger partial charge is 0.368 e. The molecule has 1 N–H and O–H groups in total. The predicted molar refractivity (Wildman–Crippen MR) is 85.6 cm³/mol. The molecule has 4 nitrogen and oxygen atoms in total. The molecule has 1 aromatic carbocycles. The molecule has 0 aliphatic carbocycles. The SMILES string of the molecule is Cc1cccc(N2CCN(C(=O)[C@@H]3CCCCN3)CC2)c1. The average Bonchev–Trinajstić information content (AvgIpc) is 2.55. The van der Waals surface area contributed by atoms with E-state index >= 15 is 0 Å². The Balaban J connectivity index is 1.56. The lowest BCUT2D eigenvalue weighted by Gasteiger charge is -2.38. The monoisotopic (exact) mass is 287 g/mol. The number of aryl methyl sites for hydroxylation is 1. The van der Waals surface area contributed by atoms with Crippen LogP contribution >= 0.6 is 0 Å². The Hall–Kier alpha value is -1.55. The van der Waals surface area contributed by atoms with Gasteiger partial charge in [-0.15, -0.1) is 0 Å². The number of piperidine rings is 1. The maximum atomic E-state index is 12.5. The number of carbonyl (C=O) groups excluding carboxylic acids is 1. The summed E-state index contributed by atoms with van der Waals surface area (Å²) in [5.74, 6) is 0.304. The smallest absolute Gasteiger partial charge is 0.239 e. The molecular weight excluding hydrogens is 262 g/mol. The van der Waals surface area contributed by atoms with Gasteiger partial charge < -0.3 is 15.1 Å². The molecule has 1 amide bonds. The van der Waals surface area contributed by atoms with Crippen molar-refractivity contribution >= 4 is 11.6 Å². The second-order valence-electron chi connectivity index (χ2n) is 6.15. The van der Waals surface area contributed by atoms with Gasteiger partial charge in [0.25, 0.3) is 0 Å². The summed E-state index contributed by atoms with van der Waals surface area (Å²) in [6, 6.07) is 8.67. The number of hydrogen-bond acceptors (Lipinski definition) is 3. The van der Waals surface area contributed by atoms with Gasteiger partial charge in [0.1, 0.15) is 0 Å². The van der Waals surface area contributed by atoms with E-state index < -0.39 is 0 Å². The fourth-order valence-electron chi connectivity index (χ4n) is 3.29. The van der Waals surface area contributed by atoms with Gasteiger partial charge >= 0.3 is 0 Å². The van der Waals surface area contributed by atoms with E-state index in [2.05, 4.69) is 41.4 Å². The van der Waals surface area contributed by atoms with Gasteiger partial charge in [-0.2, -0.15) is 0 Å². The Bertz CT molecular complexity index is 489. The van der Waals surface area contributed by atoms with Gasteiger partial charge in [0.05, 0.1) is 6.04 Å². The molecule has 0 bridgehead atoms. The summed E-state index contributed by atoms with van der Waals surface area (Å²) in [6.45, 7) is 6.65. The molecule has 2 aliphatic heterocycles. The molecule has 21 heavy (non-hydrogen) atoms. The zero-order valence-corrected chi connectivity index (χ0v) is 12.8. The van der Waals surface area contributed by atoms with E-state index in [-0.39, 0.29) is 6.04 Å². The van der Waals surface area contributed by atoms with Crippen molar-refractivity contribution in [3.8, 4) is 0 Å². The highest BCUT2D eigenvalue weighted by Crippen LogP contribution is 2.19. The van der Waals surface area contributed by atoms with Crippen LogP contribution in [0.3, 0.4) is 0 Å². The molecule has 0 spiro atoms. The first-order valence-corrected chi connectivity index (χ1v) is 8.08. The van der Waals surface area contributed by atoms with E-state index in [0.29, 0.717) is 5.91 Å². The summed E-state index contributed by atoms with van der Waals surface area (Å²) in [5.41, 5.74) is 2.57. The van der Waals surface area contributed by atoms with Crippen LogP contribution in [0.4, 0.5) is 5.69 Å². The zero-order chi connectivity index (χ0) is 14.7. The predicted octanol–water partition coefficient (Wildman–Crippen LogP) is 1.79. The second kappa shape index (κ2) is 6.48. The van der Waals surface area contributed by atoms with Crippen LogP contribution in [0.1, 0.15) is 24.8 Å². The first-order valence-electron chi connectivity index (χ1n) is 8.08. The van der Waals surface area contributed by atoms with E-state index in [1.165, 1.54) is 24.1 Å². The minimum atomic E-state index is 0.0595. The van der Waals surface area contributed by atoms with Crippen LogP contribution in [0.2, 0.25) is 0 Å². The molecule has 0 radical (unpaired) electrons. The van der Waals surface area contributed by atoms with Crippen LogP contribution < -0.4 is 10.2 Å². The molecule has 4 heteroatoms. The third-order valence-electron chi connectivity index (χ3n) is 4.57. The lowest BCUT2D eigenvalue weighted by molar-refractivity contribution is -0.134. The average molecular weight is 287 g/mol. The molecule has 2 heterocycles. The standard InChI is InChI=1S/C17H25N3O/c1-14-5-4-6-15(13-14)19-9-11-20(12-10-19)17(21)16-7-2-3-8-18-16/h4-6,13,16,18H,2-3,7-12H2,1H3/t16-/m0/s1. The Morgan fingerprint density at radius 3 is 2.67 bits per heavy atom. The van der Waals surface area contributed by atoms with Crippen LogP contribution in [0.25, 0.3) is 0 Å². The van der Waals surface area contributed by atoms with Gasteiger partial charge in [-0.1, -0.05) is 18.6 Å². The normalized spacial score (nSPS) is 23.2. The summed E-state index contributed by atoms with van der Waals surface area (Å²) >= 11 is 0. The number of nitrogens with zero attached hydrogens (tertiary/aromatic N) is 2. The van der Waals surface area contributed by atoms with Crippen molar-refractivity contribution in [3.63, 3.8) is 0 Å². The van der Waals surface area contributed by atoms with Crippen LogP contribution in [0.15, 0.2) is 24.3 Å². The molecule has 2 fully saturated rings. The zero-order valence-electron chi connectivity index (χ0n) is 12.8. The number of piperazine rings is 1. The van der Waals surface area contributed by atoms with Crippen molar-refractivity contribution < 1.29 is 4.79 Å². The minimum absolute atomic E-state index is 0.0595. The third kappa shape index (κ3) is 3.38. The summed E-state index contributed by atoms with van der Waals surface area (Å²) in [6.07, 6.45) is 3.37. The maximum Gasteiger partial charge on any atom is 0.239 e. The fourth-order valence-corrected chi connectivity index (χ4v) is 3.29. The van der Waals surface area contributed by atoms with Gasteiger partial charge in [0.2, 0.25) is 5.91 Å². The van der Waals surface area contributed by atoms with Crippen LogP contribution in [-0.4, -0.2) is 49.6 Å². The maximum absolute atomic E-state index is 12.5. The number of hydrogen-bond donors (Lipinski definition) is 1. The van der Waals surface area contributed by atoms with Gasteiger partial charge in [0.15, 0.2) is 0 Å². The summed E-state index contributed by atoms with van der Waals surface area (Å²) in [4.78, 5) is 16.9. The molecule has 0 aromatic heterocycles. The lowest BCUT2D eigenvalue weighted by atomic mass is 10.0. The number of amides is 1. The van der Waals surface area contributed by atoms with Gasteiger partial charge in [-0.25, -0.2) is 0 Å². The molecule has 2 saturated heterocycles. The van der Waals surface area contributed by atoms with E-state index in [1.807, 2.05) is 4.90 Å². The van der Waals surface area contributed by atoms with Crippen molar-refractivity contribution in [2.24, 2.45) is 0 Å². The number of benzene rings is 1. The van der Waals surface area contributed by atoms with Crippen molar-refractivity contribution in [2.75, 3.05) is 37.6 Å². The van der Waals surface area contributed by atoms with Crippen LogP contribution in [0, 0.1) is 6.92 Å². The summed E-state index contributed by atoms with van der Waals surface area (Å²) in [5, 5.41) is 3.36. The summed E-state index contributed by atoms with van der Waals surface area (Å²) < 4.78 is 0. The van der Waals surface area contributed by atoms with Crippen molar-refractivity contribution in [1.29, 1.82) is 0 Å². The van der Waals surface area contributed by atoms with Crippen LogP contribution in [0.5, 0.6) is 0 Å². The topological polar surface area (TPSA) is 35.6 Å². The van der Waals surface area contributed by atoms with Crippen molar-refractivity contribution in [1.82, 2.24) is 10.2 Å². The molecule has 114 valence electrons. The van der Waals surface area contributed by atoms with Gasteiger partial charge in [0, 0.05) is 31.9 Å². The Morgan fingerprint density at radius 1 is 1.19 bits per heavy atom. The first kappa shape index (κ1) is 14.4. The molecule has 3 rings (SSSR count). The number of carbonyl (C=O) groups is 1. The van der Waals surface area contributed by atoms with Crippen molar-refractivity contribution in [3.05, 3.63) is 29.8 Å². The first-order chi connectivity index (χ1) is 10.2. The van der Waals surface area contributed by atoms with Gasteiger partial charge in [-0.05, 0) is 44.0 Å². The lowest BCUT2D eigenvalue weighted by Crippen LogP contribution is -2.55. The van der Waals surface area contributed by atoms with Crippen molar-refractivity contribution in [2.45, 2.75) is 32.2 Å². The van der Waals surface area contributed by atoms with Gasteiger partial charge in [-0.3, -0.25) is 4.79 Å². The highest BCUT2D eigenvalue weighted by molar-refractivity contribution is 5.82. The van der Waals surface area contributed by atoms with E-state index in [9.17, 15) is 4.79 Å².